The van der Waals surface area contributed by atoms with Crippen LogP contribution in [0.25, 0.3) is 0 Å². The molecule has 0 fully saturated rings. The fraction of sp³-hybridized carbons (Fsp3) is 0.250. The van der Waals surface area contributed by atoms with Gasteiger partial charge in [0.2, 0.25) is 0 Å². The molecule has 0 spiro atoms. The van der Waals surface area contributed by atoms with Crippen LogP contribution in [-0.2, 0) is 6.42 Å². The van der Waals surface area contributed by atoms with E-state index in [2.05, 4.69) is 86.6 Å². The molecular weight excluding hydrogens is 366 g/mol. The van der Waals surface area contributed by atoms with Gasteiger partial charge in [-0.15, -0.1) is 0 Å². The maximum absolute atomic E-state index is 3.67. The van der Waals surface area contributed by atoms with E-state index in [1.807, 2.05) is 7.05 Å². The number of nitrogens with one attached hydrogen (secondary N) is 1. The largest absolute Gasteiger partial charge is 0.313 e. The van der Waals surface area contributed by atoms with Crippen LogP contribution < -0.4 is 5.32 Å². The standard InChI is InChI=1S/C16H17Br2N/c1-11-3-8-14(15(18)9-11)16(19-2)10-12-4-6-13(17)7-5-12/h3-9,16,19H,10H2,1-2H3. The van der Waals surface area contributed by atoms with Gasteiger partial charge in [-0.2, -0.15) is 0 Å². The highest BCUT2D eigenvalue weighted by Gasteiger charge is 2.13. The molecule has 0 saturated carbocycles. The number of hydrogen-bond donors (Lipinski definition) is 1. The average Bonchev–Trinajstić information content (AvgIpc) is 2.39. The van der Waals surface area contributed by atoms with Crippen molar-refractivity contribution in [3.63, 3.8) is 0 Å². The van der Waals surface area contributed by atoms with Crippen LogP contribution in [0.4, 0.5) is 0 Å². The molecule has 0 saturated heterocycles. The number of rotatable bonds is 4. The molecule has 1 unspecified atom stereocenters. The summed E-state index contributed by atoms with van der Waals surface area (Å²) in [6, 6.07) is 15.3. The zero-order valence-electron chi connectivity index (χ0n) is 11.1. The van der Waals surface area contributed by atoms with Gasteiger partial charge in [-0.1, -0.05) is 56.1 Å². The molecule has 1 N–H and O–H groups in total. The summed E-state index contributed by atoms with van der Waals surface area (Å²) in [6.45, 7) is 2.11. The van der Waals surface area contributed by atoms with Crippen LogP contribution in [0.15, 0.2) is 51.4 Å². The molecule has 1 atom stereocenters. The van der Waals surface area contributed by atoms with Gasteiger partial charge in [0.05, 0.1) is 0 Å². The summed E-state index contributed by atoms with van der Waals surface area (Å²) in [7, 11) is 2.01. The SMILES string of the molecule is CNC(Cc1ccc(Br)cc1)c1ccc(C)cc1Br. The van der Waals surface area contributed by atoms with Crippen molar-refractivity contribution < 1.29 is 0 Å². The Labute approximate surface area is 131 Å². The van der Waals surface area contributed by atoms with Crippen molar-refractivity contribution in [2.45, 2.75) is 19.4 Å². The summed E-state index contributed by atoms with van der Waals surface area (Å²) in [6.07, 6.45) is 0.978. The lowest BCUT2D eigenvalue weighted by Gasteiger charge is -2.19. The van der Waals surface area contributed by atoms with E-state index in [-0.39, 0.29) is 0 Å². The van der Waals surface area contributed by atoms with Gasteiger partial charge < -0.3 is 5.32 Å². The Balaban J connectivity index is 2.22. The van der Waals surface area contributed by atoms with Crippen LogP contribution >= 0.6 is 31.9 Å². The average molecular weight is 383 g/mol. The third kappa shape index (κ3) is 3.91. The zero-order valence-corrected chi connectivity index (χ0v) is 14.3. The van der Waals surface area contributed by atoms with Crippen molar-refractivity contribution in [1.29, 1.82) is 0 Å². The van der Waals surface area contributed by atoms with E-state index >= 15 is 0 Å². The summed E-state index contributed by atoms with van der Waals surface area (Å²) in [4.78, 5) is 0. The molecule has 0 aliphatic rings. The Morgan fingerprint density at radius 3 is 2.32 bits per heavy atom. The van der Waals surface area contributed by atoms with E-state index in [9.17, 15) is 0 Å². The molecule has 0 heterocycles. The molecule has 3 heteroatoms. The molecule has 0 aromatic heterocycles. The lowest BCUT2D eigenvalue weighted by molar-refractivity contribution is 0.589. The van der Waals surface area contributed by atoms with Gasteiger partial charge >= 0.3 is 0 Å². The molecular formula is C16H17Br2N. The lowest BCUT2D eigenvalue weighted by Crippen LogP contribution is -2.19. The molecule has 0 radical (unpaired) electrons. The van der Waals surface area contributed by atoms with Crippen LogP contribution in [0.2, 0.25) is 0 Å². The van der Waals surface area contributed by atoms with Gasteiger partial charge in [0.1, 0.15) is 0 Å². The zero-order chi connectivity index (χ0) is 13.8. The predicted octanol–water partition coefficient (Wildman–Crippen LogP) is 5.02. The molecule has 2 rings (SSSR count). The fourth-order valence-electron chi connectivity index (χ4n) is 2.14. The van der Waals surface area contributed by atoms with E-state index < -0.39 is 0 Å². The minimum atomic E-state index is 0.316. The highest BCUT2D eigenvalue weighted by Crippen LogP contribution is 2.27. The molecule has 2 aromatic carbocycles. The highest BCUT2D eigenvalue weighted by atomic mass is 79.9. The molecule has 100 valence electrons. The second-order valence-corrected chi connectivity index (χ2v) is 6.47. The van der Waals surface area contributed by atoms with Gasteiger partial charge in [-0.25, -0.2) is 0 Å². The first-order valence-corrected chi connectivity index (χ1v) is 7.86. The number of benzene rings is 2. The van der Waals surface area contributed by atoms with E-state index in [1.165, 1.54) is 21.2 Å². The summed E-state index contributed by atoms with van der Waals surface area (Å²) in [5.41, 5.74) is 3.90. The summed E-state index contributed by atoms with van der Waals surface area (Å²) >= 11 is 7.14. The number of aryl methyl sites for hydroxylation is 1. The Morgan fingerprint density at radius 1 is 1.05 bits per heavy atom. The van der Waals surface area contributed by atoms with Crippen LogP contribution in [0, 0.1) is 6.92 Å². The van der Waals surface area contributed by atoms with E-state index in [1.54, 1.807) is 0 Å². The van der Waals surface area contributed by atoms with E-state index in [0.29, 0.717) is 6.04 Å². The maximum atomic E-state index is 3.67. The number of hydrogen-bond acceptors (Lipinski definition) is 1. The van der Waals surface area contributed by atoms with E-state index in [0.717, 1.165) is 10.9 Å². The topological polar surface area (TPSA) is 12.0 Å². The minimum absolute atomic E-state index is 0.316. The Hall–Kier alpha value is -0.640. The molecule has 1 nitrogen and oxygen atoms in total. The Kier molecular flexibility index (Phi) is 5.20. The van der Waals surface area contributed by atoms with Crippen LogP contribution in [0.3, 0.4) is 0 Å². The van der Waals surface area contributed by atoms with Crippen LogP contribution in [-0.4, -0.2) is 7.05 Å². The molecule has 0 aliphatic carbocycles. The van der Waals surface area contributed by atoms with Gasteiger partial charge in [-0.3, -0.25) is 0 Å². The second kappa shape index (κ2) is 6.69. The first-order valence-electron chi connectivity index (χ1n) is 6.28. The lowest BCUT2D eigenvalue weighted by atomic mass is 9.98. The normalized spacial score (nSPS) is 12.4. The Bertz CT molecular complexity index is 549. The van der Waals surface area contributed by atoms with Crippen molar-refractivity contribution in [2.75, 3.05) is 7.05 Å². The third-order valence-corrected chi connectivity index (χ3v) is 4.45. The minimum Gasteiger partial charge on any atom is -0.313 e. The smallest absolute Gasteiger partial charge is 0.0369 e. The first-order chi connectivity index (χ1) is 9.10. The molecule has 0 amide bonds. The van der Waals surface area contributed by atoms with Crippen molar-refractivity contribution >= 4 is 31.9 Å². The van der Waals surface area contributed by atoms with Crippen molar-refractivity contribution in [2.24, 2.45) is 0 Å². The van der Waals surface area contributed by atoms with Crippen molar-refractivity contribution in [1.82, 2.24) is 5.32 Å². The first kappa shape index (κ1) is 14.8. The van der Waals surface area contributed by atoms with Crippen molar-refractivity contribution in [3.8, 4) is 0 Å². The predicted molar refractivity (Wildman–Crippen MR) is 88.5 cm³/mol. The van der Waals surface area contributed by atoms with E-state index in [4.69, 9.17) is 0 Å². The van der Waals surface area contributed by atoms with Crippen LogP contribution in [0.1, 0.15) is 22.7 Å². The quantitative estimate of drug-likeness (QED) is 0.782. The molecule has 2 aromatic rings. The Morgan fingerprint density at radius 2 is 1.74 bits per heavy atom. The molecule has 0 aliphatic heterocycles. The van der Waals surface area contributed by atoms with Gasteiger partial charge in [0.15, 0.2) is 0 Å². The van der Waals surface area contributed by atoms with Gasteiger partial charge in [0, 0.05) is 15.0 Å². The van der Waals surface area contributed by atoms with Gasteiger partial charge in [0.25, 0.3) is 0 Å². The molecule has 19 heavy (non-hydrogen) atoms. The summed E-state index contributed by atoms with van der Waals surface area (Å²) < 4.78 is 2.29. The third-order valence-electron chi connectivity index (χ3n) is 3.23. The van der Waals surface area contributed by atoms with Crippen LogP contribution in [0.5, 0.6) is 0 Å². The second-order valence-electron chi connectivity index (χ2n) is 4.70. The highest BCUT2D eigenvalue weighted by molar-refractivity contribution is 9.10. The van der Waals surface area contributed by atoms with Gasteiger partial charge in [-0.05, 0) is 55.3 Å². The monoisotopic (exact) mass is 381 g/mol. The summed E-state index contributed by atoms with van der Waals surface area (Å²) in [5, 5.41) is 3.40. The molecule has 0 bridgehead atoms. The maximum Gasteiger partial charge on any atom is 0.0369 e. The fourth-order valence-corrected chi connectivity index (χ4v) is 3.17. The number of likely N-dealkylation sites (N-methyl/N-ethyl adjacent to an activating group) is 1. The van der Waals surface area contributed by atoms with Crippen molar-refractivity contribution in [3.05, 3.63) is 68.1 Å². The summed E-state index contributed by atoms with van der Waals surface area (Å²) in [5.74, 6) is 0. The number of halogens is 2.